The second-order valence-electron chi connectivity index (χ2n) is 4.53. The minimum Gasteiger partial charge on any atom is -0.330 e. The standard InChI is InChI=1S/C13H17ClN2O/c14-10-4-6-11(7-5-10)16-13(17)12-3-1-2-9(12)8-15/h4-7,9,12H,1-3,8,15H2,(H,16,17)/t9-,12-/m1/s1. The number of amides is 1. The first-order chi connectivity index (χ1) is 8.20. The van der Waals surface area contributed by atoms with E-state index in [0.717, 1.165) is 24.9 Å². The zero-order valence-corrected chi connectivity index (χ0v) is 10.4. The van der Waals surface area contributed by atoms with Crippen LogP contribution in [-0.4, -0.2) is 12.5 Å². The summed E-state index contributed by atoms with van der Waals surface area (Å²) in [5, 5.41) is 3.59. The highest BCUT2D eigenvalue weighted by Crippen LogP contribution is 2.31. The highest BCUT2D eigenvalue weighted by Gasteiger charge is 2.31. The van der Waals surface area contributed by atoms with Crippen molar-refractivity contribution in [3.8, 4) is 0 Å². The lowest BCUT2D eigenvalue weighted by molar-refractivity contribution is -0.120. The Morgan fingerprint density at radius 2 is 2.06 bits per heavy atom. The summed E-state index contributed by atoms with van der Waals surface area (Å²) in [4.78, 5) is 12.1. The molecule has 0 radical (unpaired) electrons. The number of hydrogen-bond acceptors (Lipinski definition) is 2. The number of carbonyl (C=O) groups excluding carboxylic acids is 1. The normalized spacial score (nSPS) is 23.6. The summed E-state index contributed by atoms with van der Waals surface area (Å²) in [6, 6.07) is 7.16. The molecule has 0 spiro atoms. The largest absolute Gasteiger partial charge is 0.330 e. The summed E-state index contributed by atoms with van der Waals surface area (Å²) in [6.07, 6.45) is 3.11. The SMILES string of the molecule is NC[C@H]1CCC[C@H]1C(=O)Nc1ccc(Cl)cc1. The van der Waals surface area contributed by atoms with Crippen molar-refractivity contribution in [2.24, 2.45) is 17.6 Å². The first kappa shape index (κ1) is 12.4. The van der Waals surface area contributed by atoms with Crippen LogP contribution in [-0.2, 0) is 4.79 Å². The molecule has 1 aliphatic carbocycles. The highest BCUT2D eigenvalue weighted by molar-refractivity contribution is 6.30. The van der Waals surface area contributed by atoms with E-state index in [0.29, 0.717) is 17.5 Å². The summed E-state index contributed by atoms with van der Waals surface area (Å²) in [7, 11) is 0. The Bertz CT molecular complexity index is 391. The van der Waals surface area contributed by atoms with Crippen molar-refractivity contribution in [2.45, 2.75) is 19.3 Å². The maximum Gasteiger partial charge on any atom is 0.227 e. The van der Waals surface area contributed by atoms with Crippen molar-refractivity contribution >= 4 is 23.2 Å². The van der Waals surface area contributed by atoms with Gasteiger partial charge in [0, 0.05) is 16.6 Å². The molecule has 0 bridgehead atoms. The maximum absolute atomic E-state index is 12.1. The molecule has 1 aromatic rings. The molecule has 1 aliphatic rings. The molecule has 0 unspecified atom stereocenters. The Morgan fingerprint density at radius 1 is 1.35 bits per heavy atom. The van der Waals surface area contributed by atoms with Crippen molar-refractivity contribution < 1.29 is 4.79 Å². The smallest absolute Gasteiger partial charge is 0.227 e. The van der Waals surface area contributed by atoms with E-state index in [1.165, 1.54) is 0 Å². The molecule has 3 nitrogen and oxygen atoms in total. The second kappa shape index (κ2) is 5.52. The Morgan fingerprint density at radius 3 is 2.71 bits per heavy atom. The van der Waals surface area contributed by atoms with Gasteiger partial charge in [0.15, 0.2) is 0 Å². The minimum absolute atomic E-state index is 0.0654. The van der Waals surface area contributed by atoms with Crippen molar-refractivity contribution in [3.63, 3.8) is 0 Å². The summed E-state index contributed by atoms with van der Waals surface area (Å²) in [5.41, 5.74) is 6.47. The fraction of sp³-hybridized carbons (Fsp3) is 0.462. The molecule has 1 aromatic carbocycles. The monoisotopic (exact) mass is 252 g/mol. The van der Waals surface area contributed by atoms with Crippen LogP contribution in [0.3, 0.4) is 0 Å². The molecule has 17 heavy (non-hydrogen) atoms. The molecule has 2 rings (SSSR count). The molecule has 0 aromatic heterocycles. The van der Waals surface area contributed by atoms with Crippen LogP contribution in [0.25, 0.3) is 0 Å². The van der Waals surface area contributed by atoms with Crippen LogP contribution in [0.1, 0.15) is 19.3 Å². The quantitative estimate of drug-likeness (QED) is 0.869. The number of halogens is 1. The highest BCUT2D eigenvalue weighted by atomic mass is 35.5. The first-order valence-electron chi connectivity index (χ1n) is 5.97. The minimum atomic E-state index is 0.0654. The van der Waals surface area contributed by atoms with Gasteiger partial charge < -0.3 is 11.1 Å². The zero-order chi connectivity index (χ0) is 12.3. The lowest BCUT2D eigenvalue weighted by atomic mass is 9.95. The van der Waals surface area contributed by atoms with Gasteiger partial charge in [0.2, 0.25) is 5.91 Å². The molecule has 1 amide bonds. The van der Waals surface area contributed by atoms with Gasteiger partial charge in [0.1, 0.15) is 0 Å². The molecule has 92 valence electrons. The van der Waals surface area contributed by atoms with Crippen LogP contribution >= 0.6 is 11.6 Å². The average molecular weight is 253 g/mol. The Balaban J connectivity index is 1.99. The Hall–Kier alpha value is -1.06. The molecule has 2 atom stereocenters. The molecule has 3 N–H and O–H groups in total. The van der Waals surface area contributed by atoms with Gasteiger partial charge in [-0.25, -0.2) is 0 Å². The van der Waals surface area contributed by atoms with E-state index >= 15 is 0 Å². The van der Waals surface area contributed by atoms with Crippen LogP contribution in [0.2, 0.25) is 5.02 Å². The Labute approximate surface area is 106 Å². The maximum atomic E-state index is 12.1. The zero-order valence-electron chi connectivity index (χ0n) is 9.66. The molecule has 1 saturated carbocycles. The van der Waals surface area contributed by atoms with Crippen LogP contribution in [0.4, 0.5) is 5.69 Å². The number of carbonyl (C=O) groups is 1. The van der Waals surface area contributed by atoms with Gasteiger partial charge in [-0.15, -0.1) is 0 Å². The number of rotatable bonds is 3. The molecular formula is C13H17ClN2O. The number of nitrogens with one attached hydrogen (secondary N) is 1. The van der Waals surface area contributed by atoms with E-state index in [4.69, 9.17) is 17.3 Å². The van der Waals surface area contributed by atoms with E-state index < -0.39 is 0 Å². The second-order valence-corrected chi connectivity index (χ2v) is 4.97. The van der Waals surface area contributed by atoms with E-state index in [9.17, 15) is 4.79 Å². The van der Waals surface area contributed by atoms with E-state index in [1.807, 2.05) is 12.1 Å². The van der Waals surface area contributed by atoms with Crippen LogP contribution in [0.15, 0.2) is 24.3 Å². The van der Waals surface area contributed by atoms with Gasteiger partial charge >= 0.3 is 0 Å². The predicted molar refractivity (Wildman–Crippen MR) is 70.0 cm³/mol. The van der Waals surface area contributed by atoms with Crippen molar-refractivity contribution in [1.82, 2.24) is 0 Å². The van der Waals surface area contributed by atoms with E-state index in [1.54, 1.807) is 12.1 Å². The number of nitrogens with two attached hydrogens (primary N) is 1. The van der Waals surface area contributed by atoms with Gasteiger partial charge in [-0.05, 0) is 49.6 Å². The van der Waals surface area contributed by atoms with Gasteiger partial charge in [-0.3, -0.25) is 4.79 Å². The van der Waals surface area contributed by atoms with Crippen LogP contribution in [0.5, 0.6) is 0 Å². The summed E-state index contributed by atoms with van der Waals surface area (Å²) < 4.78 is 0. The fourth-order valence-corrected chi connectivity index (χ4v) is 2.56. The summed E-state index contributed by atoms with van der Waals surface area (Å²) >= 11 is 5.79. The summed E-state index contributed by atoms with van der Waals surface area (Å²) in [5.74, 6) is 0.484. The van der Waals surface area contributed by atoms with Gasteiger partial charge in [0.05, 0.1) is 0 Å². The lowest BCUT2D eigenvalue weighted by Crippen LogP contribution is -2.29. The van der Waals surface area contributed by atoms with Crippen LogP contribution < -0.4 is 11.1 Å². The van der Waals surface area contributed by atoms with Gasteiger partial charge in [-0.2, -0.15) is 0 Å². The molecule has 0 saturated heterocycles. The molecule has 0 heterocycles. The number of benzene rings is 1. The molecular weight excluding hydrogens is 236 g/mol. The number of hydrogen-bond donors (Lipinski definition) is 2. The van der Waals surface area contributed by atoms with Crippen molar-refractivity contribution in [1.29, 1.82) is 0 Å². The van der Waals surface area contributed by atoms with Crippen molar-refractivity contribution in [3.05, 3.63) is 29.3 Å². The topological polar surface area (TPSA) is 55.1 Å². The lowest BCUT2D eigenvalue weighted by Gasteiger charge is -2.17. The predicted octanol–water partition coefficient (Wildman–Crippen LogP) is 2.65. The third-order valence-corrected chi connectivity index (χ3v) is 3.66. The average Bonchev–Trinajstić information content (AvgIpc) is 2.80. The van der Waals surface area contributed by atoms with Crippen molar-refractivity contribution in [2.75, 3.05) is 11.9 Å². The van der Waals surface area contributed by atoms with E-state index in [2.05, 4.69) is 5.32 Å². The molecule has 0 aliphatic heterocycles. The number of anilines is 1. The Kier molecular flexibility index (Phi) is 4.02. The van der Waals surface area contributed by atoms with Crippen LogP contribution in [0, 0.1) is 11.8 Å². The van der Waals surface area contributed by atoms with Gasteiger partial charge in [-0.1, -0.05) is 18.0 Å². The first-order valence-corrected chi connectivity index (χ1v) is 6.35. The fourth-order valence-electron chi connectivity index (χ4n) is 2.43. The molecule has 4 heteroatoms. The summed E-state index contributed by atoms with van der Waals surface area (Å²) in [6.45, 7) is 0.596. The van der Waals surface area contributed by atoms with E-state index in [-0.39, 0.29) is 11.8 Å². The third-order valence-electron chi connectivity index (χ3n) is 3.41. The molecule has 1 fully saturated rings. The van der Waals surface area contributed by atoms with Gasteiger partial charge in [0.25, 0.3) is 0 Å². The third kappa shape index (κ3) is 2.99.